The molecule has 76 valence electrons. The molecule has 0 aliphatic carbocycles. The van der Waals surface area contributed by atoms with Crippen LogP contribution in [-0.4, -0.2) is 36.7 Å². The fourth-order valence-corrected chi connectivity index (χ4v) is 0.527. The molecule has 1 unspecified atom stereocenters. The monoisotopic (exact) mass is 206 g/mol. The number of esters is 2. The maximum atomic E-state index is 10.4. The van der Waals surface area contributed by atoms with Gasteiger partial charge in [-0.3, -0.25) is 0 Å². The van der Waals surface area contributed by atoms with Crippen molar-refractivity contribution in [2.75, 3.05) is 18.6 Å². The SMILES string of the molecule is CC1OC(=O)COC1=O.CCSC. The molecule has 4 nitrogen and oxygen atoms in total. The summed E-state index contributed by atoms with van der Waals surface area (Å²) < 4.78 is 8.87. The van der Waals surface area contributed by atoms with Crippen molar-refractivity contribution in [3.05, 3.63) is 0 Å². The third-order valence-electron chi connectivity index (χ3n) is 1.26. The van der Waals surface area contributed by atoms with Gasteiger partial charge in [0.25, 0.3) is 0 Å². The normalized spacial score (nSPS) is 21.0. The summed E-state index contributed by atoms with van der Waals surface area (Å²) in [5.74, 6) is 0.275. The van der Waals surface area contributed by atoms with Crippen LogP contribution in [-0.2, 0) is 19.1 Å². The molecule has 0 aromatic rings. The van der Waals surface area contributed by atoms with E-state index in [1.54, 1.807) is 0 Å². The maximum Gasteiger partial charge on any atom is 0.347 e. The second kappa shape index (κ2) is 6.77. The number of hydrogen-bond donors (Lipinski definition) is 0. The van der Waals surface area contributed by atoms with Crippen molar-refractivity contribution in [3.8, 4) is 0 Å². The number of carbonyl (C=O) groups excluding carboxylic acids is 2. The van der Waals surface area contributed by atoms with Crippen LogP contribution in [0.1, 0.15) is 13.8 Å². The molecule has 0 radical (unpaired) electrons. The van der Waals surface area contributed by atoms with E-state index in [-0.39, 0.29) is 6.61 Å². The van der Waals surface area contributed by atoms with Gasteiger partial charge in [-0.25, -0.2) is 9.59 Å². The van der Waals surface area contributed by atoms with E-state index in [0.717, 1.165) is 0 Å². The molecule has 1 fully saturated rings. The van der Waals surface area contributed by atoms with Crippen LogP contribution in [0.15, 0.2) is 0 Å². The first-order chi connectivity index (χ1) is 6.11. The van der Waals surface area contributed by atoms with Gasteiger partial charge >= 0.3 is 11.9 Å². The Labute approximate surface area is 82.0 Å². The molecule has 1 aliphatic rings. The molecular weight excluding hydrogens is 192 g/mol. The summed E-state index contributed by atoms with van der Waals surface area (Å²) in [7, 11) is 0. The van der Waals surface area contributed by atoms with Gasteiger partial charge in [0.2, 0.25) is 0 Å². The molecule has 1 atom stereocenters. The molecule has 5 heteroatoms. The van der Waals surface area contributed by atoms with E-state index in [2.05, 4.69) is 22.7 Å². The number of cyclic esters (lactones) is 2. The first kappa shape index (κ1) is 12.3. The van der Waals surface area contributed by atoms with Gasteiger partial charge in [0, 0.05) is 0 Å². The lowest BCUT2D eigenvalue weighted by Gasteiger charge is -2.16. The van der Waals surface area contributed by atoms with Gasteiger partial charge in [-0.1, -0.05) is 6.92 Å². The summed E-state index contributed by atoms with van der Waals surface area (Å²) in [6.07, 6.45) is 1.37. The van der Waals surface area contributed by atoms with Gasteiger partial charge in [-0.05, 0) is 18.9 Å². The van der Waals surface area contributed by atoms with E-state index in [9.17, 15) is 9.59 Å². The third kappa shape index (κ3) is 5.52. The lowest BCUT2D eigenvalue weighted by molar-refractivity contribution is -0.183. The van der Waals surface area contributed by atoms with Crippen molar-refractivity contribution in [2.45, 2.75) is 20.0 Å². The van der Waals surface area contributed by atoms with E-state index in [1.165, 1.54) is 12.7 Å². The molecule has 0 aromatic heterocycles. The van der Waals surface area contributed by atoms with Crippen LogP contribution in [0.25, 0.3) is 0 Å². The third-order valence-corrected chi connectivity index (χ3v) is 1.84. The Morgan fingerprint density at radius 3 is 2.38 bits per heavy atom. The second-order valence-electron chi connectivity index (χ2n) is 2.32. The highest BCUT2D eigenvalue weighted by Crippen LogP contribution is 2.01. The summed E-state index contributed by atoms with van der Waals surface area (Å²) in [5.41, 5.74) is 0. The first-order valence-electron chi connectivity index (χ1n) is 3.96. The molecule has 0 spiro atoms. The predicted molar refractivity (Wildman–Crippen MR) is 50.6 cm³/mol. The Morgan fingerprint density at radius 1 is 1.54 bits per heavy atom. The van der Waals surface area contributed by atoms with Crippen molar-refractivity contribution in [1.29, 1.82) is 0 Å². The minimum absolute atomic E-state index is 0.247. The second-order valence-corrected chi connectivity index (χ2v) is 3.47. The average Bonchev–Trinajstić information content (AvgIpc) is 2.12. The van der Waals surface area contributed by atoms with Crippen molar-refractivity contribution < 1.29 is 19.1 Å². The first-order valence-corrected chi connectivity index (χ1v) is 5.36. The van der Waals surface area contributed by atoms with E-state index < -0.39 is 18.0 Å². The molecule has 0 amide bonds. The molecule has 1 saturated heterocycles. The molecule has 1 aliphatic heterocycles. The summed E-state index contributed by atoms with van der Waals surface area (Å²) in [4.78, 5) is 20.8. The van der Waals surface area contributed by atoms with E-state index in [1.807, 2.05) is 11.8 Å². The van der Waals surface area contributed by atoms with Crippen LogP contribution in [0, 0.1) is 0 Å². The Kier molecular flexibility index (Phi) is 6.40. The highest BCUT2D eigenvalue weighted by Gasteiger charge is 2.25. The Hall–Kier alpha value is -0.710. The molecule has 1 rings (SSSR count). The van der Waals surface area contributed by atoms with E-state index in [4.69, 9.17) is 0 Å². The number of hydrogen-bond acceptors (Lipinski definition) is 5. The summed E-state index contributed by atoms with van der Waals surface area (Å²) in [6.45, 7) is 3.37. The smallest absolute Gasteiger partial charge is 0.347 e. The van der Waals surface area contributed by atoms with Gasteiger partial charge < -0.3 is 9.47 Å². The minimum atomic E-state index is -0.730. The highest BCUT2D eigenvalue weighted by molar-refractivity contribution is 7.98. The average molecular weight is 206 g/mol. The molecule has 1 heterocycles. The van der Waals surface area contributed by atoms with Crippen LogP contribution >= 0.6 is 11.8 Å². The van der Waals surface area contributed by atoms with Gasteiger partial charge in [-0.2, -0.15) is 11.8 Å². The van der Waals surface area contributed by atoms with Crippen molar-refractivity contribution in [3.63, 3.8) is 0 Å². The van der Waals surface area contributed by atoms with E-state index >= 15 is 0 Å². The maximum absolute atomic E-state index is 10.4. The summed E-state index contributed by atoms with van der Waals surface area (Å²) in [5, 5.41) is 0. The molecule has 0 bridgehead atoms. The predicted octanol–water partition coefficient (Wildman–Crippen LogP) is 0.844. The Morgan fingerprint density at radius 2 is 2.08 bits per heavy atom. The van der Waals surface area contributed by atoms with Crippen LogP contribution in [0.2, 0.25) is 0 Å². The van der Waals surface area contributed by atoms with Gasteiger partial charge in [0.1, 0.15) is 0 Å². The largest absolute Gasteiger partial charge is 0.451 e. The number of carbonyl (C=O) groups is 2. The van der Waals surface area contributed by atoms with Crippen molar-refractivity contribution >= 4 is 23.7 Å². The minimum Gasteiger partial charge on any atom is -0.451 e. The zero-order valence-corrected chi connectivity index (χ0v) is 8.85. The molecular formula is C8H14O4S. The standard InChI is InChI=1S/C5H6O4.C3H8S/c1-3-5(7)8-2-4(6)9-3;1-3-4-2/h3H,2H2,1H3;3H2,1-2H3. The van der Waals surface area contributed by atoms with E-state index in [0.29, 0.717) is 0 Å². The lowest BCUT2D eigenvalue weighted by atomic mass is 10.4. The summed E-state index contributed by atoms with van der Waals surface area (Å²) in [6, 6.07) is 0. The number of ether oxygens (including phenoxy) is 2. The Balaban J connectivity index is 0.000000310. The summed E-state index contributed by atoms with van der Waals surface area (Å²) >= 11 is 1.86. The fourth-order valence-electron chi connectivity index (χ4n) is 0.527. The highest BCUT2D eigenvalue weighted by atomic mass is 32.2. The van der Waals surface area contributed by atoms with Gasteiger partial charge in [0.05, 0.1) is 0 Å². The molecule has 0 saturated carbocycles. The number of thioether (sulfide) groups is 1. The zero-order valence-electron chi connectivity index (χ0n) is 8.03. The Bertz CT molecular complexity index is 179. The number of rotatable bonds is 1. The zero-order chi connectivity index (χ0) is 10.3. The van der Waals surface area contributed by atoms with Crippen LogP contribution in [0.4, 0.5) is 0 Å². The van der Waals surface area contributed by atoms with Crippen molar-refractivity contribution in [2.24, 2.45) is 0 Å². The van der Waals surface area contributed by atoms with Crippen LogP contribution < -0.4 is 0 Å². The fraction of sp³-hybridized carbons (Fsp3) is 0.750. The van der Waals surface area contributed by atoms with Crippen LogP contribution in [0.3, 0.4) is 0 Å². The van der Waals surface area contributed by atoms with Crippen molar-refractivity contribution in [1.82, 2.24) is 0 Å². The molecule has 0 aromatic carbocycles. The molecule has 13 heavy (non-hydrogen) atoms. The molecule has 0 N–H and O–H groups in total. The van der Waals surface area contributed by atoms with Gasteiger partial charge in [0.15, 0.2) is 12.7 Å². The quantitative estimate of drug-likeness (QED) is 0.595. The van der Waals surface area contributed by atoms with Crippen LogP contribution in [0.5, 0.6) is 0 Å². The topological polar surface area (TPSA) is 52.6 Å². The van der Waals surface area contributed by atoms with Gasteiger partial charge in [-0.15, -0.1) is 0 Å². The lowest BCUT2D eigenvalue weighted by Crippen LogP contribution is -2.35.